The molecular weight excluding hydrogens is 689 g/mol. The third kappa shape index (κ3) is 4.00. The lowest BCUT2D eigenvalue weighted by Crippen LogP contribution is -2.44. The highest BCUT2D eigenvalue weighted by Crippen LogP contribution is 2.62. The van der Waals surface area contributed by atoms with Gasteiger partial charge in [-0.3, -0.25) is 0 Å². The molecule has 2 aliphatic carbocycles. The first-order valence-corrected chi connectivity index (χ1v) is 20.3. The fraction of sp³-hybridized carbons (Fsp3) is 0.127. The Labute approximate surface area is 334 Å². The lowest BCUT2D eigenvalue weighted by atomic mass is 9.53. The third-order valence-electron chi connectivity index (χ3n) is 13.8. The normalized spacial score (nSPS) is 17.5. The summed E-state index contributed by atoms with van der Waals surface area (Å²) in [5.41, 5.74) is 19.8. The van der Waals surface area contributed by atoms with E-state index in [1.165, 1.54) is 94.5 Å². The zero-order valence-corrected chi connectivity index (χ0v) is 32.7. The van der Waals surface area contributed by atoms with E-state index in [-0.39, 0.29) is 10.8 Å². The predicted molar refractivity (Wildman–Crippen MR) is 237 cm³/mol. The second-order valence-corrected chi connectivity index (χ2v) is 17.3. The zero-order chi connectivity index (χ0) is 38.3. The van der Waals surface area contributed by atoms with Crippen LogP contribution in [0, 0.1) is 0 Å². The average molecular weight is 731 g/mol. The maximum atomic E-state index is 2.54. The second kappa shape index (κ2) is 11.2. The number of para-hydroxylation sites is 4. The summed E-state index contributed by atoms with van der Waals surface area (Å²) in [6.07, 6.45) is 0. The van der Waals surface area contributed by atoms with Gasteiger partial charge in [-0.25, -0.2) is 0 Å². The van der Waals surface area contributed by atoms with Gasteiger partial charge in [0.25, 0.3) is 0 Å². The van der Waals surface area contributed by atoms with Crippen molar-refractivity contribution in [1.82, 2.24) is 4.57 Å². The molecule has 272 valence electrons. The summed E-state index contributed by atoms with van der Waals surface area (Å²) in [7, 11) is 0. The minimum Gasteiger partial charge on any atom is -0.310 e. The maximum absolute atomic E-state index is 2.54. The van der Waals surface area contributed by atoms with Crippen molar-refractivity contribution >= 4 is 38.9 Å². The molecule has 9 aromatic rings. The molecule has 2 heteroatoms. The number of hydrogen-bond acceptors (Lipinski definition) is 1. The molecule has 1 atom stereocenters. The number of fused-ring (bicyclic) bond motifs is 14. The molecule has 12 rings (SSSR count). The molecule has 8 aromatic carbocycles. The Kier molecular flexibility index (Phi) is 6.42. The predicted octanol–water partition coefficient (Wildman–Crippen LogP) is 13.9. The molecule has 1 spiro atoms. The molecule has 0 saturated heterocycles. The SMILES string of the molecule is CC1(C)c2ccccc2-c2ccc(N(c3ccccc3)c3cccc4c3C(C)(C)c3ccccc3C43c4ccccc4-n4c5ccccc5c5cccc3c54)cc21. The molecule has 1 unspecified atom stereocenters. The monoisotopic (exact) mass is 730 g/mol. The van der Waals surface area contributed by atoms with E-state index in [1.54, 1.807) is 0 Å². The first-order chi connectivity index (χ1) is 27.8. The van der Waals surface area contributed by atoms with Crippen LogP contribution in [-0.4, -0.2) is 4.57 Å². The molecule has 1 aliphatic heterocycles. The van der Waals surface area contributed by atoms with Crippen LogP contribution in [0.3, 0.4) is 0 Å². The molecule has 0 fully saturated rings. The highest BCUT2D eigenvalue weighted by Gasteiger charge is 2.53. The van der Waals surface area contributed by atoms with Gasteiger partial charge in [0.1, 0.15) is 0 Å². The van der Waals surface area contributed by atoms with Gasteiger partial charge in [-0.2, -0.15) is 0 Å². The number of anilines is 3. The van der Waals surface area contributed by atoms with Crippen LogP contribution in [0.5, 0.6) is 0 Å². The van der Waals surface area contributed by atoms with E-state index in [1.807, 2.05) is 0 Å². The first kappa shape index (κ1) is 32.6. The van der Waals surface area contributed by atoms with Gasteiger partial charge in [0.05, 0.1) is 27.8 Å². The van der Waals surface area contributed by atoms with Gasteiger partial charge in [0.15, 0.2) is 0 Å². The summed E-state index contributed by atoms with van der Waals surface area (Å²) >= 11 is 0. The highest BCUT2D eigenvalue weighted by atomic mass is 15.1. The standard InChI is InChI=1S/C55H42N2/c1-53(2)41-23-10-8-20-37(41)38-33-32-36(34-47(38)53)56(35-18-6-5-7-19-35)50-31-17-27-45-51(50)54(3,4)42-24-11-12-25-43(42)55(45)44-26-13-15-30-49(44)57-48-29-14-9-21-39(48)40-22-16-28-46(55)52(40)57/h5-34H,1-4H3. The Morgan fingerprint density at radius 2 is 1.02 bits per heavy atom. The fourth-order valence-electron chi connectivity index (χ4n) is 11.4. The summed E-state index contributed by atoms with van der Waals surface area (Å²) in [4.78, 5) is 2.54. The Balaban J connectivity index is 1.21. The average Bonchev–Trinajstić information content (AvgIpc) is 3.71. The van der Waals surface area contributed by atoms with Crippen LogP contribution in [-0.2, 0) is 16.2 Å². The Hall–Kier alpha value is -6.64. The van der Waals surface area contributed by atoms with E-state index in [0.29, 0.717) is 0 Å². The lowest BCUT2D eigenvalue weighted by molar-refractivity contribution is 0.557. The number of benzene rings is 8. The first-order valence-electron chi connectivity index (χ1n) is 20.3. The van der Waals surface area contributed by atoms with Crippen molar-refractivity contribution in [3.63, 3.8) is 0 Å². The molecule has 2 heterocycles. The van der Waals surface area contributed by atoms with Crippen molar-refractivity contribution in [2.24, 2.45) is 0 Å². The maximum Gasteiger partial charge on any atom is 0.0749 e. The van der Waals surface area contributed by atoms with E-state index in [2.05, 4.69) is 219 Å². The van der Waals surface area contributed by atoms with Crippen molar-refractivity contribution in [3.8, 4) is 16.8 Å². The molecule has 0 bridgehead atoms. The van der Waals surface area contributed by atoms with Crippen LogP contribution in [0.4, 0.5) is 17.1 Å². The fourth-order valence-corrected chi connectivity index (χ4v) is 11.4. The van der Waals surface area contributed by atoms with Crippen LogP contribution in [0.2, 0.25) is 0 Å². The molecule has 0 N–H and O–H groups in total. The molecule has 0 amide bonds. The minimum absolute atomic E-state index is 0.119. The van der Waals surface area contributed by atoms with Crippen molar-refractivity contribution in [2.75, 3.05) is 4.90 Å². The third-order valence-corrected chi connectivity index (χ3v) is 13.8. The number of nitrogens with zero attached hydrogens (tertiary/aromatic N) is 2. The van der Waals surface area contributed by atoms with Gasteiger partial charge in [0.2, 0.25) is 0 Å². The van der Waals surface area contributed by atoms with E-state index in [9.17, 15) is 0 Å². The molecule has 2 nitrogen and oxygen atoms in total. The summed E-state index contributed by atoms with van der Waals surface area (Å²) in [5.74, 6) is 0. The molecule has 0 saturated carbocycles. The van der Waals surface area contributed by atoms with Gasteiger partial charge in [0, 0.05) is 33.0 Å². The lowest BCUT2D eigenvalue weighted by Gasteiger charge is -2.51. The van der Waals surface area contributed by atoms with Crippen molar-refractivity contribution in [1.29, 1.82) is 0 Å². The Morgan fingerprint density at radius 1 is 0.404 bits per heavy atom. The number of rotatable bonds is 3. The highest BCUT2D eigenvalue weighted by molar-refractivity contribution is 6.12. The van der Waals surface area contributed by atoms with Crippen LogP contribution in [0.1, 0.15) is 72.2 Å². The van der Waals surface area contributed by atoms with E-state index in [0.717, 1.165) is 5.69 Å². The van der Waals surface area contributed by atoms with Crippen LogP contribution in [0.25, 0.3) is 38.6 Å². The largest absolute Gasteiger partial charge is 0.310 e. The van der Waals surface area contributed by atoms with Gasteiger partial charge < -0.3 is 9.47 Å². The molecule has 1 aromatic heterocycles. The molecule has 0 radical (unpaired) electrons. The Morgan fingerprint density at radius 3 is 1.86 bits per heavy atom. The molecular formula is C55H42N2. The van der Waals surface area contributed by atoms with Gasteiger partial charge in [-0.05, 0) is 98.1 Å². The van der Waals surface area contributed by atoms with Gasteiger partial charge in [-0.15, -0.1) is 0 Å². The van der Waals surface area contributed by atoms with Crippen LogP contribution < -0.4 is 4.90 Å². The Bertz CT molecular complexity index is 3140. The summed E-state index contributed by atoms with van der Waals surface area (Å²) in [6.45, 7) is 9.64. The van der Waals surface area contributed by atoms with Crippen molar-refractivity contribution in [2.45, 2.75) is 43.9 Å². The topological polar surface area (TPSA) is 8.17 Å². The van der Waals surface area contributed by atoms with Gasteiger partial charge >= 0.3 is 0 Å². The van der Waals surface area contributed by atoms with E-state index < -0.39 is 5.41 Å². The minimum atomic E-state index is -0.568. The summed E-state index contributed by atoms with van der Waals surface area (Å²) in [6, 6.07) is 68.7. The van der Waals surface area contributed by atoms with Gasteiger partial charge in [-0.1, -0.05) is 167 Å². The number of aromatic nitrogens is 1. The van der Waals surface area contributed by atoms with Crippen LogP contribution in [0.15, 0.2) is 182 Å². The van der Waals surface area contributed by atoms with Crippen molar-refractivity contribution < 1.29 is 0 Å². The quantitative estimate of drug-likeness (QED) is 0.176. The number of hydrogen-bond donors (Lipinski definition) is 0. The molecule has 3 aliphatic rings. The summed E-state index contributed by atoms with van der Waals surface area (Å²) < 4.78 is 2.53. The second-order valence-electron chi connectivity index (χ2n) is 17.3. The summed E-state index contributed by atoms with van der Waals surface area (Å²) in [5, 5.41) is 2.58. The van der Waals surface area contributed by atoms with Crippen molar-refractivity contribution in [3.05, 3.63) is 226 Å². The zero-order valence-electron chi connectivity index (χ0n) is 32.7. The van der Waals surface area contributed by atoms with E-state index in [4.69, 9.17) is 0 Å². The smallest absolute Gasteiger partial charge is 0.0749 e. The molecule has 57 heavy (non-hydrogen) atoms. The van der Waals surface area contributed by atoms with E-state index >= 15 is 0 Å². The van der Waals surface area contributed by atoms with Crippen LogP contribution >= 0.6 is 0 Å².